The van der Waals surface area contributed by atoms with Crippen molar-refractivity contribution >= 4 is 43.5 Å². The van der Waals surface area contributed by atoms with Crippen LogP contribution in [0.4, 0.5) is 5.69 Å². The number of rotatable bonds is 1. The fraction of sp³-hybridized carbons (Fsp3) is 0.611. The summed E-state index contributed by atoms with van der Waals surface area (Å²) in [6.07, 6.45) is 7.13. The van der Waals surface area contributed by atoms with Crippen LogP contribution in [-0.4, -0.2) is 16.3 Å². The number of anilines is 1. The molecule has 0 bridgehead atoms. The van der Waals surface area contributed by atoms with E-state index in [2.05, 4.69) is 61.9 Å². The van der Waals surface area contributed by atoms with E-state index in [1.165, 1.54) is 24.8 Å². The molecule has 1 heterocycles. The van der Waals surface area contributed by atoms with Crippen LogP contribution in [0.15, 0.2) is 22.7 Å². The minimum Gasteiger partial charge on any atom is -0.305 e. The van der Waals surface area contributed by atoms with Crippen molar-refractivity contribution in [2.45, 2.75) is 68.7 Å². The summed E-state index contributed by atoms with van der Waals surface area (Å²) in [5.41, 5.74) is 2.45. The van der Waals surface area contributed by atoms with E-state index in [0.29, 0.717) is 5.92 Å². The lowest BCUT2D eigenvalue weighted by Crippen LogP contribution is -2.58. The molecule has 22 heavy (non-hydrogen) atoms. The van der Waals surface area contributed by atoms with Gasteiger partial charge in [0.2, 0.25) is 5.91 Å². The molecule has 0 aromatic heterocycles. The van der Waals surface area contributed by atoms with Crippen molar-refractivity contribution in [1.29, 1.82) is 0 Å². The third kappa shape index (κ3) is 2.77. The fourth-order valence-corrected chi connectivity index (χ4v) is 4.90. The Balaban J connectivity index is 2.13. The Morgan fingerprint density at radius 3 is 2.64 bits per heavy atom. The molecule has 2 unspecified atom stereocenters. The van der Waals surface area contributed by atoms with Gasteiger partial charge in [0.25, 0.3) is 0 Å². The Hall–Kier alpha value is -0.350. The summed E-state index contributed by atoms with van der Waals surface area (Å²) in [6.45, 7) is 4.25. The van der Waals surface area contributed by atoms with Crippen molar-refractivity contribution in [1.82, 2.24) is 0 Å². The number of fused-ring (bicyclic) bond motifs is 1. The third-order valence-corrected chi connectivity index (χ3v) is 6.15. The molecular formula is C18H23Br2NO. The van der Waals surface area contributed by atoms with E-state index < -0.39 is 0 Å². The first-order valence-electron chi connectivity index (χ1n) is 8.22. The summed E-state index contributed by atoms with van der Waals surface area (Å²) in [7, 11) is 0. The lowest BCUT2D eigenvalue weighted by molar-refractivity contribution is -0.119. The van der Waals surface area contributed by atoms with Crippen LogP contribution in [0.25, 0.3) is 0 Å². The Morgan fingerprint density at radius 2 is 2.00 bits per heavy atom. The van der Waals surface area contributed by atoms with Crippen molar-refractivity contribution in [2.75, 3.05) is 4.90 Å². The number of hydrogen-bond acceptors (Lipinski definition) is 1. The Morgan fingerprint density at radius 1 is 1.32 bits per heavy atom. The van der Waals surface area contributed by atoms with Crippen LogP contribution in [0.5, 0.6) is 0 Å². The van der Waals surface area contributed by atoms with E-state index >= 15 is 0 Å². The van der Waals surface area contributed by atoms with Crippen molar-refractivity contribution in [3.8, 4) is 0 Å². The molecule has 4 heteroatoms. The molecule has 1 aliphatic heterocycles. The second kappa shape index (κ2) is 6.27. The van der Waals surface area contributed by atoms with Gasteiger partial charge >= 0.3 is 0 Å². The first-order valence-corrected chi connectivity index (χ1v) is 9.93. The zero-order chi connectivity index (χ0) is 15.9. The predicted molar refractivity (Wildman–Crippen MR) is 98.9 cm³/mol. The zero-order valence-electron chi connectivity index (χ0n) is 13.2. The predicted octanol–water partition coefficient (Wildman–Crippen LogP) is 5.78. The van der Waals surface area contributed by atoms with Gasteiger partial charge in [-0.15, -0.1) is 0 Å². The molecule has 2 nitrogen and oxygen atoms in total. The topological polar surface area (TPSA) is 20.3 Å². The van der Waals surface area contributed by atoms with Gasteiger partial charge in [0, 0.05) is 15.7 Å². The number of nitrogens with zero attached hydrogens (tertiary/aromatic N) is 1. The molecule has 1 amide bonds. The molecule has 0 N–H and O–H groups in total. The highest BCUT2D eigenvalue weighted by atomic mass is 79.9. The van der Waals surface area contributed by atoms with E-state index in [1.54, 1.807) is 0 Å². The summed E-state index contributed by atoms with van der Waals surface area (Å²) < 4.78 is 1.09. The molecule has 1 saturated carbocycles. The van der Waals surface area contributed by atoms with Crippen LogP contribution in [-0.2, 0) is 4.79 Å². The van der Waals surface area contributed by atoms with Gasteiger partial charge in [0.05, 0.1) is 4.83 Å². The molecule has 0 saturated heterocycles. The second-order valence-corrected chi connectivity index (χ2v) is 9.17. The molecule has 1 aromatic rings. The molecule has 2 atom stereocenters. The van der Waals surface area contributed by atoms with Crippen molar-refractivity contribution in [3.05, 3.63) is 28.2 Å². The molecule has 120 valence electrons. The lowest BCUT2D eigenvalue weighted by atomic mass is 9.70. The van der Waals surface area contributed by atoms with Crippen LogP contribution >= 0.6 is 31.9 Å². The fourth-order valence-electron chi connectivity index (χ4n) is 4.32. The van der Waals surface area contributed by atoms with Crippen molar-refractivity contribution in [3.63, 3.8) is 0 Å². The van der Waals surface area contributed by atoms with Crippen molar-refractivity contribution < 1.29 is 4.79 Å². The molecule has 1 aromatic carbocycles. The van der Waals surface area contributed by atoms with Crippen LogP contribution < -0.4 is 4.90 Å². The van der Waals surface area contributed by atoms with E-state index in [9.17, 15) is 4.79 Å². The maximum atomic E-state index is 13.0. The summed E-state index contributed by atoms with van der Waals surface area (Å²) in [5.74, 6) is 0.706. The van der Waals surface area contributed by atoms with E-state index in [-0.39, 0.29) is 16.3 Å². The average molecular weight is 429 g/mol. The maximum absolute atomic E-state index is 13.0. The smallest absolute Gasteiger partial charge is 0.241 e. The summed E-state index contributed by atoms with van der Waals surface area (Å²) in [4.78, 5) is 15.0. The van der Waals surface area contributed by atoms with Crippen LogP contribution in [0.1, 0.15) is 63.9 Å². The first-order chi connectivity index (χ1) is 10.4. The molecule has 3 rings (SSSR count). The van der Waals surface area contributed by atoms with Gasteiger partial charge < -0.3 is 4.90 Å². The highest BCUT2D eigenvalue weighted by Gasteiger charge is 2.47. The number of amides is 1. The number of hydrogen-bond donors (Lipinski definition) is 0. The van der Waals surface area contributed by atoms with Gasteiger partial charge in [-0.3, -0.25) is 4.79 Å². The number of benzene rings is 1. The van der Waals surface area contributed by atoms with Crippen LogP contribution in [0, 0.1) is 0 Å². The van der Waals surface area contributed by atoms with Crippen LogP contribution in [0.3, 0.4) is 0 Å². The first kappa shape index (κ1) is 16.5. The van der Waals surface area contributed by atoms with E-state index in [0.717, 1.165) is 29.4 Å². The second-order valence-electron chi connectivity index (χ2n) is 6.88. The van der Waals surface area contributed by atoms with Gasteiger partial charge in [-0.25, -0.2) is 0 Å². The van der Waals surface area contributed by atoms with Gasteiger partial charge in [0.1, 0.15) is 0 Å². The number of alkyl halides is 1. The summed E-state index contributed by atoms with van der Waals surface area (Å²) in [6, 6.07) is 6.38. The average Bonchev–Trinajstić information content (AvgIpc) is 2.48. The highest BCUT2D eigenvalue weighted by Crippen LogP contribution is 2.50. The highest BCUT2D eigenvalue weighted by molar-refractivity contribution is 9.10. The van der Waals surface area contributed by atoms with E-state index in [1.807, 2.05) is 6.92 Å². The molecule has 2 aliphatic rings. The normalized spacial score (nSPS) is 24.9. The quantitative estimate of drug-likeness (QED) is 0.519. The van der Waals surface area contributed by atoms with Crippen LogP contribution in [0.2, 0.25) is 0 Å². The molecule has 0 radical (unpaired) electrons. The number of carbonyl (C=O) groups is 1. The lowest BCUT2D eigenvalue weighted by Gasteiger charge is -2.52. The largest absolute Gasteiger partial charge is 0.305 e. The van der Waals surface area contributed by atoms with Gasteiger partial charge in [-0.1, -0.05) is 58.0 Å². The number of carbonyl (C=O) groups excluding carboxylic acids is 1. The molecular weight excluding hydrogens is 406 g/mol. The minimum atomic E-state index is -0.142. The standard InChI is InChI=1S/C18H23Br2NO/c1-12-11-18(8-4-3-5-9-18)21(17(22)13(2)19)16-7-6-14(20)10-15(12)16/h6-7,10,12-13H,3-5,8-9,11H2,1-2H3. The summed E-state index contributed by atoms with van der Waals surface area (Å²) in [5, 5.41) is 0. The van der Waals surface area contributed by atoms with Gasteiger partial charge in [0.15, 0.2) is 0 Å². The van der Waals surface area contributed by atoms with E-state index in [4.69, 9.17) is 0 Å². The monoisotopic (exact) mass is 427 g/mol. The molecule has 1 spiro atoms. The molecule has 1 fully saturated rings. The van der Waals surface area contributed by atoms with Gasteiger partial charge in [-0.2, -0.15) is 0 Å². The number of halogens is 2. The Kier molecular flexibility index (Phi) is 4.71. The maximum Gasteiger partial charge on any atom is 0.241 e. The zero-order valence-corrected chi connectivity index (χ0v) is 16.4. The molecule has 1 aliphatic carbocycles. The Bertz CT molecular complexity index is 578. The SMILES string of the molecule is CC(Br)C(=O)N1c2ccc(Br)cc2C(C)CC12CCCCC2. The minimum absolute atomic E-state index is 0.0254. The Labute approximate surface area is 149 Å². The third-order valence-electron chi connectivity index (χ3n) is 5.27. The van der Waals surface area contributed by atoms with Crippen molar-refractivity contribution in [2.24, 2.45) is 0 Å². The van der Waals surface area contributed by atoms with Gasteiger partial charge in [-0.05, 0) is 55.9 Å². The summed E-state index contributed by atoms with van der Waals surface area (Å²) >= 11 is 7.08.